The molecule has 2 N–H and O–H groups in total. The van der Waals surface area contributed by atoms with E-state index in [1.165, 1.54) is 46.0 Å². The van der Waals surface area contributed by atoms with Crippen LogP contribution < -0.4 is 5.73 Å². The molecule has 0 radical (unpaired) electrons. The summed E-state index contributed by atoms with van der Waals surface area (Å²) in [4.78, 5) is 4.71. The molecule has 0 spiro atoms. The quantitative estimate of drug-likeness (QED) is 0.835. The van der Waals surface area contributed by atoms with Crippen molar-refractivity contribution in [1.29, 1.82) is 0 Å². The monoisotopic (exact) mass is 252 g/mol. The summed E-state index contributed by atoms with van der Waals surface area (Å²) in [6, 6.07) is 4.83. The molecule has 2 heteroatoms. The minimum absolute atomic E-state index is 0.205. The zero-order chi connectivity index (χ0) is 13.1. The predicted molar refractivity (Wildman–Crippen MR) is 78.4 cm³/mol. The van der Waals surface area contributed by atoms with Crippen LogP contribution in [0.2, 0.25) is 0 Å². The van der Waals surface area contributed by atoms with E-state index in [2.05, 4.69) is 32.2 Å². The average Bonchev–Trinajstić information content (AvgIpc) is 3.18. The van der Waals surface area contributed by atoms with E-state index in [0.717, 1.165) is 12.3 Å². The first-order valence-corrected chi connectivity index (χ1v) is 7.33. The minimum atomic E-state index is 0.205. The van der Waals surface area contributed by atoms with Gasteiger partial charge in [-0.05, 0) is 60.2 Å². The van der Waals surface area contributed by atoms with Crippen LogP contribution >= 0.6 is 0 Å². The zero-order valence-electron chi connectivity index (χ0n) is 11.6. The van der Waals surface area contributed by atoms with Gasteiger partial charge >= 0.3 is 0 Å². The Bertz CT molecular complexity index is 671. The van der Waals surface area contributed by atoms with Crippen molar-refractivity contribution < 1.29 is 0 Å². The van der Waals surface area contributed by atoms with Crippen molar-refractivity contribution in [3.8, 4) is 0 Å². The molecule has 0 amide bonds. The Morgan fingerprint density at radius 2 is 2.00 bits per heavy atom. The van der Waals surface area contributed by atoms with E-state index in [1.54, 1.807) is 0 Å². The van der Waals surface area contributed by atoms with E-state index < -0.39 is 0 Å². The summed E-state index contributed by atoms with van der Waals surface area (Å²) in [6.45, 7) is 4.49. The third-order valence-electron chi connectivity index (χ3n) is 4.82. The highest BCUT2D eigenvalue weighted by Gasteiger charge is 2.29. The second-order valence-electron chi connectivity index (χ2n) is 6.37. The van der Waals surface area contributed by atoms with E-state index in [1.807, 2.05) is 0 Å². The summed E-state index contributed by atoms with van der Waals surface area (Å²) in [5.41, 5.74) is 11.7. The molecule has 0 bridgehead atoms. The highest BCUT2D eigenvalue weighted by atomic mass is 14.7. The Hall–Kier alpha value is -1.41. The molecule has 4 rings (SSSR count). The van der Waals surface area contributed by atoms with E-state index >= 15 is 0 Å². The van der Waals surface area contributed by atoms with Gasteiger partial charge in [0.05, 0.1) is 0 Å². The highest BCUT2D eigenvalue weighted by Crippen LogP contribution is 2.45. The van der Waals surface area contributed by atoms with Gasteiger partial charge in [0.2, 0.25) is 0 Å². The fourth-order valence-electron chi connectivity index (χ4n) is 3.64. The number of aryl methyl sites for hydroxylation is 1. The summed E-state index contributed by atoms with van der Waals surface area (Å²) in [6.07, 6.45) is 5.79. The largest absolute Gasteiger partial charge is 0.324 e. The molecule has 2 atom stereocenters. The number of rotatable bonds is 1. The number of aromatic nitrogens is 1. The summed E-state index contributed by atoms with van der Waals surface area (Å²) in [7, 11) is 0. The van der Waals surface area contributed by atoms with E-state index in [0.29, 0.717) is 5.92 Å². The lowest BCUT2D eigenvalue weighted by atomic mass is 9.93. The van der Waals surface area contributed by atoms with E-state index in [4.69, 9.17) is 10.7 Å². The molecular weight excluding hydrogens is 232 g/mol. The number of nitrogens with zero attached hydrogens (tertiary/aromatic N) is 1. The van der Waals surface area contributed by atoms with Crippen LogP contribution in [0.4, 0.5) is 0 Å². The lowest BCUT2D eigenvalue weighted by Gasteiger charge is -2.13. The molecule has 98 valence electrons. The molecule has 1 saturated carbocycles. The van der Waals surface area contributed by atoms with Gasteiger partial charge in [-0.25, -0.2) is 0 Å². The van der Waals surface area contributed by atoms with Crippen molar-refractivity contribution >= 4 is 10.8 Å². The number of nitrogens with two attached hydrogens (primary N) is 1. The predicted octanol–water partition coefficient (Wildman–Crippen LogP) is 3.93. The van der Waals surface area contributed by atoms with Crippen LogP contribution in [0.25, 0.3) is 10.8 Å². The van der Waals surface area contributed by atoms with Gasteiger partial charge < -0.3 is 5.73 Å². The standard InChI is InChI=1S/C17H20N2/c1-9-5-13-15(18)6-10(2)17(13)14-8-19-16(7-12(9)14)11-3-4-11/h5,7-8,10-11,15H,3-4,6,18H2,1-2H3/t10-,15-/m0/s1. The SMILES string of the molecule is Cc1cc2c(c3cnc(C4CC4)cc13)[C@@H](C)C[C@@H]2N. The second-order valence-corrected chi connectivity index (χ2v) is 6.37. The van der Waals surface area contributed by atoms with Gasteiger partial charge in [0, 0.05) is 29.2 Å². The number of hydrogen-bond donors (Lipinski definition) is 1. The van der Waals surface area contributed by atoms with Crippen LogP contribution in [0.1, 0.15) is 66.4 Å². The topological polar surface area (TPSA) is 38.9 Å². The Balaban J connectivity index is 2.01. The molecule has 1 aromatic carbocycles. The smallest absolute Gasteiger partial charge is 0.0441 e. The average molecular weight is 252 g/mol. The van der Waals surface area contributed by atoms with Crippen LogP contribution in [0, 0.1) is 6.92 Å². The maximum Gasteiger partial charge on any atom is 0.0441 e. The third-order valence-corrected chi connectivity index (χ3v) is 4.82. The van der Waals surface area contributed by atoms with Crippen LogP contribution in [0.15, 0.2) is 18.3 Å². The van der Waals surface area contributed by atoms with Gasteiger partial charge in [-0.3, -0.25) is 4.98 Å². The van der Waals surface area contributed by atoms with Gasteiger partial charge in [0.25, 0.3) is 0 Å². The maximum atomic E-state index is 6.26. The lowest BCUT2D eigenvalue weighted by molar-refractivity contribution is 0.641. The van der Waals surface area contributed by atoms with Crippen LogP contribution in [0.5, 0.6) is 0 Å². The zero-order valence-corrected chi connectivity index (χ0v) is 11.6. The van der Waals surface area contributed by atoms with Crippen LogP contribution in [-0.4, -0.2) is 4.98 Å². The first-order valence-electron chi connectivity index (χ1n) is 7.33. The van der Waals surface area contributed by atoms with Crippen molar-refractivity contribution in [1.82, 2.24) is 4.98 Å². The fourth-order valence-corrected chi connectivity index (χ4v) is 3.64. The minimum Gasteiger partial charge on any atom is -0.324 e. The number of hydrogen-bond acceptors (Lipinski definition) is 2. The molecular formula is C17H20N2. The molecule has 1 heterocycles. The number of benzene rings is 1. The van der Waals surface area contributed by atoms with Gasteiger partial charge in [-0.1, -0.05) is 13.0 Å². The van der Waals surface area contributed by atoms with Crippen molar-refractivity contribution in [2.24, 2.45) is 5.73 Å². The molecule has 0 unspecified atom stereocenters. The molecule has 19 heavy (non-hydrogen) atoms. The van der Waals surface area contributed by atoms with Gasteiger partial charge in [0.1, 0.15) is 0 Å². The van der Waals surface area contributed by atoms with Crippen molar-refractivity contribution in [3.05, 3.63) is 40.7 Å². The van der Waals surface area contributed by atoms with Crippen LogP contribution in [-0.2, 0) is 0 Å². The Labute approximate surface area is 114 Å². The summed E-state index contributed by atoms with van der Waals surface area (Å²) < 4.78 is 0. The molecule has 0 aliphatic heterocycles. The summed E-state index contributed by atoms with van der Waals surface area (Å²) >= 11 is 0. The van der Waals surface area contributed by atoms with E-state index in [-0.39, 0.29) is 6.04 Å². The molecule has 0 saturated heterocycles. The lowest BCUT2D eigenvalue weighted by Crippen LogP contribution is -2.05. The molecule has 2 aliphatic carbocycles. The van der Waals surface area contributed by atoms with Crippen molar-refractivity contribution in [2.75, 3.05) is 0 Å². The Morgan fingerprint density at radius 1 is 1.21 bits per heavy atom. The molecule has 2 aromatic rings. The van der Waals surface area contributed by atoms with E-state index in [9.17, 15) is 0 Å². The van der Waals surface area contributed by atoms with Crippen LogP contribution in [0.3, 0.4) is 0 Å². The first kappa shape index (κ1) is 11.4. The molecule has 1 aromatic heterocycles. The van der Waals surface area contributed by atoms with Gasteiger partial charge in [-0.2, -0.15) is 0 Å². The van der Waals surface area contributed by atoms with Crippen molar-refractivity contribution in [3.63, 3.8) is 0 Å². The molecule has 1 fully saturated rings. The maximum absolute atomic E-state index is 6.26. The highest BCUT2D eigenvalue weighted by molar-refractivity contribution is 5.90. The third kappa shape index (κ3) is 1.63. The molecule has 2 aliphatic rings. The fraction of sp³-hybridized carbons (Fsp3) is 0.471. The second kappa shape index (κ2) is 3.80. The van der Waals surface area contributed by atoms with Gasteiger partial charge in [0.15, 0.2) is 0 Å². The summed E-state index contributed by atoms with van der Waals surface area (Å²) in [5, 5.41) is 2.72. The first-order chi connectivity index (χ1) is 9.15. The normalized spacial score (nSPS) is 25.8. The van der Waals surface area contributed by atoms with Gasteiger partial charge in [-0.15, -0.1) is 0 Å². The Morgan fingerprint density at radius 3 is 2.74 bits per heavy atom. The number of fused-ring (bicyclic) bond motifs is 3. The van der Waals surface area contributed by atoms with Crippen molar-refractivity contribution in [2.45, 2.75) is 51.0 Å². The Kier molecular flexibility index (Phi) is 2.28. The molecule has 2 nitrogen and oxygen atoms in total. The summed E-state index contributed by atoms with van der Waals surface area (Å²) in [5.74, 6) is 1.28. The number of pyridine rings is 1.